The van der Waals surface area contributed by atoms with E-state index in [1.165, 1.54) is 11.0 Å². The van der Waals surface area contributed by atoms with Crippen LogP contribution in [0.3, 0.4) is 0 Å². The van der Waals surface area contributed by atoms with Gasteiger partial charge in [0.2, 0.25) is 0 Å². The SMILES string of the molecule is Cc1cc(C(=O)N(CCN2CCOCC2)c2nc3c(F)cc(F)cc3s2)nn1C(C)C. The first kappa shape index (κ1) is 21.8. The second kappa shape index (κ2) is 8.97. The van der Waals surface area contributed by atoms with E-state index in [1.54, 1.807) is 10.7 Å². The van der Waals surface area contributed by atoms with Gasteiger partial charge in [-0.1, -0.05) is 11.3 Å². The Hall–Kier alpha value is -2.43. The normalized spacial score (nSPS) is 15.2. The molecule has 166 valence electrons. The Balaban J connectivity index is 1.67. The van der Waals surface area contributed by atoms with Crippen LogP contribution < -0.4 is 4.90 Å². The topological polar surface area (TPSA) is 63.5 Å². The molecule has 3 heterocycles. The van der Waals surface area contributed by atoms with Crippen LogP contribution in [-0.2, 0) is 4.74 Å². The molecule has 3 aromatic rings. The molecular weight excluding hydrogens is 424 g/mol. The fourth-order valence-corrected chi connectivity index (χ4v) is 4.69. The number of fused-ring (bicyclic) bond motifs is 1. The molecule has 0 radical (unpaired) electrons. The summed E-state index contributed by atoms with van der Waals surface area (Å²) in [6.07, 6.45) is 0. The van der Waals surface area contributed by atoms with Gasteiger partial charge in [0, 0.05) is 44.0 Å². The molecule has 0 bridgehead atoms. The molecule has 1 aromatic carbocycles. The summed E-state index contributed by atoms with van der Waals surface area (Å²) < 4.78 is 35.4. The van der Waals surface area contributed by atoms with Crippen LogP contribution in [0.25, 0.3) is 10.2 Å². The lowest BCUT2D eigenvalue weighted by atomic mass is 10.3. The molecule has 2 aromatic heterocycles. The summed E-state index contributed by atoms with van der Waals surface area (Å²) in [7, 11) is 0. The van der Waals surface area contributed by atoms with E-state index >= 15 is 0 Å². The smallest absolute Gasteiger partial charge is 0.280 e. The Morgan fingerprint density at radius 1 is 1.26 bits per heavy atom. The molecule has 1 aliphatic heterocycles. The van der Waals surface area contributed by atoms with Crippen LogP contribution in [0.15, 0.2) is 18.2 Å². The van der Waals surface area contributed by atoms with E-state index < -0.39 is 11.6 Å². The third-order valence-corrected chi connectivity index (χ3v) is 6.28. The highest BCUT2D eigenvalue weighted by Gasteiger charge is 2.26. The van der Waals surface area contributed by atoms with E-state index in [9.17, 15) is 13.6 Å². The van der Waals surface area contributed by atoms with Crippen molar-refractivity contribution in [1.29, 1.82) is 0 Å². The highest BCUT2D eigenvalue weighted by atomic mass is 32.1. The summed E-state index contributed by atoms with van der Waals surface area (Å²) in [4.78, 5) is 21.5. The fourth-order valence-electron chi connectivity index (χ4n) is 3.66. The van der Waals surface area contributed by atoms with Gasteiger partial charge >= 0.3 is 0 Å². The van der Waals surface area contributed by atoms with Crippen molar-refractivity contribution in [3.8, 4) is 0 Å². The third kappa shape index (κ3) is 4.60. The third-order valence-electron chi connectivity index (χ3n) is 5.25. The van der Waals surface area contributed by atoms with Gasteiger partial charge < -0.3 is 4.74 Å². The lowest BCUT2D eigenvalue weighted by Gasteiger charge is -2.29. The van der Waals surface area contributed by atoms with Crippen molar-refractivity contribution >= 4 is 32.6 Å². The molecule has 7 nitrogen and oxygen atoms in total. The minimum Gasteiger partial charge on any atom is -0.379 e. The number of aryl methyl sites for hydroxylation is 1. The number of anilines is 1. The largest absolute Gasteiger partial charge is 0.379 e. The predicted molar refractivity (Wildman–Crippen MR) is 116 cm³/mol. The highest BCUT2D eigenvalue weighted by Crippen LogP contribution is 2.32. The summed E-state index contributed by atoms with van der Waals surface area (Å²) in [6.45, 7) is 9.73. The van der Waals surface area contributed by atoms with Crippen molar-refractivity contribution in [3.05, 3.63) is 41.2 Å². The number of morpholine rings is 1. The molecular formula is C21H25F2N5O2S. The number of nitrogens with zero attached hydrogens (tertiary/aromatic N) is 5. The summed E-state index contributed by atoms with van der Waals surface area (Å²) in [5.74, 6) is -1.72. The number of ether oxygens (including phenoxy) is 1. The molecule has 1 aliphatic rings. The number of rotatable bonds is 6. The zero-order valence-electron chi connectivity index (χ0n) is 17.8. The van der Waals surface area contributed by atoms with Crippen LogP contribution in [0.5, 0.6) is 0 Å². The molecule has 0 aliphatic carbocycles. The lowest BCUT2D eigenvalue weighted by Crippen LogP contribution is -2.43. The van der Waals surface area contributed by atoms with E-state index in [2.05, 4.69) is 15.0 Å². The van der Waals surface area contributed by atoms with Crippen molar-refractivity contribution in [2.45, 2.75) is 26.8 Å². The van der Waals surface area contributed by atoms with E-state index in [0.29, 0.717) is 41.8 Å². The molecule has 31 heavy (non-hydrogen) atoms. The molecule has 0 N–H and O–H groups in total. The Labute approximate surface area is 183 Å². The van der Waals surface area contributed by atoms with Gasteiger partial charge in [-0.2, -0.15) is 5.10 Å². The molecule has 1 saturated heterocycles. The number of benzene rings is 1. The maximum absolute atomic E-state index is 14.2. The van der Waals surface area contributed by atoms with E-state index in [-0.39, 0.29) is 17.5 Å². The number of carbonyl (C=O) groups excluding carboxylic acids is 1. The average Bonchev–Trinajstić information content (AvgIpc) is 3.32. The average molecular weight is 450 g/mol. The molecule has 1 fully saturated rings. The van der Waals surface area contributed by atoms with E-state index in [1.807, 2.05) is 20.8 Å². The van der Waals surface area contributed by atoms with Gasteiger partial charge in [-0.3, -0.25) is 19.3 Å². The van der Waals surface area contributed by atoms with Crippen molar-refractivity contribution in [1.82, 2.24) is 19.7 Å². The van der Waals surface area contributed by atoms with Crippen molar-refractivity contribution in [2.75, 3.05) is 44.3 Å². The summed E-state index contributed by atoms with van der Waals surface area (Å²) >= 11 is 1.10. The quantitative estimate of drug-likeness (QED) is 0.575. The van der Waals surface area contributed by atoms with Crippen molar-refractivity contribution < 1.29 is 18.3 Å². The maximum atomic E-state index is 14.2. The van der Waals surface area contributed by atoms with Crippen LogP contribution in [0, 0.1) is 18.6 Å². The second-order valence-electron chi connectivity index (χ2n) is 7.85. The van der Waals surface area contributed by atoms with Gasteiger partial charge in [-0.15, -0.1) is 0 Å². The first-order valence-electron chi connectivity index (χ1n) is 10.3. The Morgan fingerprint density at radius 3 is 2.68 bits per heavy atom. The molecule has 1 amide bonds. The van der Waals surface area contributed by atoms with Gasteiger partial charge in [0.05, 0.1) is 17.9 Å². The van der Waals surface area contributed by atoms with Gasteiger partial charge in [0.25, 0.3) is 5.91 Å². The molecule has 4 rings (SSSR count). The number of amides is 1. The van der Waals surface area contributed by atoms with Gasteiger partial charge in [0.15, 0.2) is 16.6 Å². The first-order valence-corrected chi connectivity index (χ1v) is 11.1. The predicted octanol–water partition coefficient (Wildman–Crippen LogP) is 3.64. The van der Waals surface area contributed by atoms with Gasteiger partial charge in [-0.05, 0) is 32.9 Å². The monoisotopic (exact) mass is 449 g/mol. The second-order valence-corrected chi connectivity index (χ2v) is 8.86. The number of hydrogen-bond acceptors (Lipinski definition) is 6. The van der Waals surface area contributed by atoms with E-state index in [0.717, 1.165) is 36.2 Å². The van der Waals surface area contributed by atoms with Crippen LogP contribution in [0.4, 0.5) is 13.9 Å². The number of hydrogen-bond donors (Lipinski definition) is 0. The minimum atomic E-state index is -0.738. The Kier molecular flexibility index (Phi) is 6.31. The van der Waals surface area contributed by atoms with E-state index in [4.69, 9.17) is 4.74 Å². The molecule has 0 unspecified atom stereocenters. The van der Waals surface area contributed by atoms with Crippen LogP contribution >= 0.6 is 11.3 Å². The zero-order chi connectivity index (χ0) is 22.1. The lowest BCUT2D eigenvalue weighted by molar-refractivity contribution is 0.0391. The Bertz CT molecular complexity index is 1090. The molecule has 0 saturated carbocycles. The molecule has 0 spiro atoms. The number of aromatic nitrogens is 3. The summed E-state index contributed by atoms with van der Waals surface area (Å²) in [6, 6.07) is 3.90. The summed E-state index contributed by atoms with van der Waals surface area (Å²) in [5.41, 5.74) is 1.25. The van der Waals surface area contributed by atoms with Crippen molar-refractivity contribution in [3.63, 3.8) is 0 Å². The minimum absolute atomic E-state index is 0.0643. The fraction of sp³-hybridized carbons (Fsp3) is 0.476. The zero-order valence-corrected chi connectivity index (χ0v) is 18.6. The standard InChI is InChI=1S/C21H25F2N5O2S/c1-13(2)28-14(3)10-17(25-28)20(29)27(5-4-26-6-8-30-9-7-26)21-24-19-16(23)11-15(22)12-18(19)31-21/h10-13H,4-9H2,1-3H3. The van der Waals surface area contributed by atoms with Gasteiger partial charge in [-0.25, -0.2) is 13.8 Å². The summed E-state index contributed by atoms with van der Waals surface area (Å²) in [5, 5.41) is 4.80. The molecule has 10 heteroatoms. The number of halogens is 2. The van der Waals surface area contributed by atoms with Crippen LogP contribution in [0.1, 0.15) is 36.1 Å². The number of carbonyl (C=O) groups is 1. The first-order chi connectivity index (χ1) is 14.8. The Morgan fingerprint density at radius 2 is 2.00 bits per heavy atom. The van der Waals surface area contributed by atoms with Crippen molar-refractivity contribution in [2.24, 2.45) is 0 Å². The van der Waals surface area contributed by atoms with Crippen LogP contribution in [0.2, 0.25) is 0 Å². The number of thiazole rings is 1. The van der Waals surface area contributed by atoms with Gasteiger partial charge in [0.1, 0.15) is 11.3 Å². The maximum Gasteiger partial charge on any atom is 0.280 e. The van der Waals surface area contributed by atoms with Crippen LogP contribution in [-0.4, -0.2) is 65.0 Å². The highest BCUT2D eigenvalue weighted by molar-refractivity contribution is 7.22. The molecule has 0 atom stereocenters.